The van der Waals surface area contributed by atoms with E-state index >= 15 is 0 Å². The van der Waals surface area contributed by atoms with Gasteiger partial charge in [0, 0.05) is 25.3 Å². The summed E-state index contributed by atoms with van der Waals surface area (Å²) in [5.74, 6) is 3.01. The molecule has 3 aromatic heterocycles. The lowest BCUT2D eigenvalue weighted by atomic mass is 9.80. The Balaban J connectivity index is 1.50. The molecule has 2 saturated carbocycles. The minimum Gasteiger partial charge on any atom is -0.463 e. The molecule has 42 heavy (non-hydrogen) atoms. The Hall–Kier alpha value is -3.80. The number of amides is 1. The van der Waals surface area contributed by atoms with E-state index in [-0.39, 0.29) is 23.7 Å². The number of fused-ring (bicyclic) bond motifs is 1. The predicted octanol–water partition coefficient (Wildman–Crippen LogP) is 4.61. The Morgan fingerprint density at radius 1 is 1.19 bits per heavy atom. The van der Waals surface area contributed by atoms with Crippen LogP contribution in [0.4, 0.5) is 16.6 Å². The highest BCUT2D eigenvalue weighted by atomic mass is 16.5. The van der Waals surface area contributed by atoms with Gasteiger partial charge in [-0.3, -0.25) is 4.98 Å². The van der Waals surface area contributed by atoms with Crippen molar-refractivity contribution in [3.05, 3.63) is 35.9 Å². The molecule has 0 unspecified atom stereocenters. The highest BCUT2D eigenvalue weighted by Crippen LogP contribution is 2.38. The molecule has 3 aliphatic rings. The normalized spacial score (nSPS) is 24.4. The summed E-state index contributed by atoms with van der Waals surface area (Å²) < 4.78 is 8.21. The maximum atomic E-state index is 11.3. The van der Waals surface area contributed by atoms with Gasteiger partial charge in [0.2, 0.25) is 5.95 Å². The van der Waals surface area contributed by atoms with Crippen molar-refractivity contribution >= 4 is 34.9 Å². The number of hydrogen-bond acceptors (Lipinski definition) is 8. The molecule has 2 atom stereocenters. The number of nitrogens with zero attached hydrogens (tertiary/aromatic N) is 7. The maximum absolute atomic E-state index is 11.3. The standard InChI is InChI=1S/C30H41N9O3/c1-18-9-11-20(12-10-18)16-39-24-26(33-19(2)21-6-5-7-21)35-28(25(31)34-30(40)41)36-27(24)37-29(39)38-14-15-42-17-23(38)22-8-3-4-13-32-22/h3-4,8,13,18-21,23H,5-7,9-12,14-17H2,1-2H3,(H2,31,34)(H,40,41)(H,33,35,36)/t18?,19-,20?,23+/m1/s1. The second-order valence-corrected chi connectivity index (χ2v) is 12.2. The second-order valence-electron chi connectivity index (χ2n) is 12.2. The second kappa shape index (κ2) is 12.2. The molecule has 12 heteroatoms. The molecule has 2 aliphatic carbocycles. The van der Waals surface area contributed by atoms with Crippen molar-refractivity contribution in [2.75, 3.05) is 30.0 Å². The number of amidine groups is 1. The Kier molecular flexibility index (Phi) is 8.23. The third-order valence-corrected chi connectivity index (χ3v) is 9.24. The van der Waals surface area contributed by atoms with Gasteiger partial charge in [0.15, 0.2) is 23.1 Å². The van der Waals surface area contributed by atoms with Crippen molar-refractivity contribution in [2.24, 2.45) is 28.5 Å². The van der Waals surface area contributed by atoms with Crippen molar-refractivity contribution < 1.29 is 14.6 Å². The Morgan fingerprint density at radius 2 is 2.00 bits per heavy atom. The molecule has 0 radical (unpaired) electrons. The van der Waals surface area contributed by atoms with E-state index in [9.17, 15) is 9.90 Å². The molecule has 6 rings (SSSR count). The number of nitrogens with two attached hydrogens (primary N) is 1. The van der Waals surface area contributed by atoms with Crippen LogP contribution in [-0.4, -0.2) is 67.3 Å². The largest absolute Gasteiger partial charge is 0.463 e. The smallest absolute Gasteiger partial charge is 0.433 e. The lowest BCUT2D eigenvalue weighted by Gasteiger charge is -2.37. The first-order chi connectivity index (χ1) is 20.4. The lowest BCUT2D eigenvalue weighted by Crippen LogP contribution is -2.41. The molecular formula is C30H41N9O3. The SMILES string of the molecule is CC1CCC(Cn2c(N3CCOC[C@H]3c3ccccn3)nc3nc(C(N)=NC(=O)O)nc(N[C@H](C)C4CCC4)c32)CC1. The zero-order valence-electron chi connectivity index (χ0n) is 24.4. The van der Waals surface area contributed by atoms with Crippen LogP contribution in [0.25, 0.3) is 11.2 Å². The Bertz CT molecular complexity index is 1430. The van der Waals surface area contributed by atoms with Crippen LogP contribution in [0.5, 0.6) is 0 Å². The quantitative estimate of drug-likeness (QED) is 0.256. The van der Waals surface area contributed by atoms with Gasteiger partial charge in [0.1, 0.15) is 5.52 Å². The van der Waals surface area contributed by atoms with E-state index in [1.165, 1.54) is 32.1 Å². The third kappa shape index (κ3) is 5.90. The van der Waals surface area contributed by atoms with Crippen LogP contribution in [0, 0.1) is 17.8 Å². The van der Waals surface area contributed by atoms with Gasteiger partial charge in [0.05, 0.1) is 24.9 Å². The topological polar surface area (TPSA) is 157 Å². The fraction of sp³-hybridized carbons (Fsp3) is 0.600. The maximum Gasteiger partial charge on any atom is 0.433 e. The number of anilines is 2. The molecular weight excluding hydrogens is 534 g/mol. The molecule has 3 aromatic rings. The molecule has 0 bridgehead atoms. The monoisotopic (exact) mass is 575 g/mol. The molecule has 4 N–H and O–H groups in total. The van der Waals surface area contributed by atoms with E-state index in [4.69, 9.17) is 20.4 Å². The number of pyridine rings is 1. The van der Waals surface area contributed by atoms with Crippen molar-refractivity contribution in [3.63, 3.8) is 0 Å². The highest BCUT2D eigenvalue weighted by Gasteiger charge is 2.33. The van der Waals surface area contributed by atoms with Crippen LogP contribution in [0.2, 0.25) is 0 Å². The van der Waals surface area contributed by atoms with Gasteiger partial charge < -0.3 is 30.4 Å². The van der Waals surface area contributed by atoms with E-state index < -0.39 is 6.09 Å². The molecule has 0 aromatic carbocycles. The number of rotatable bonds is 8. The molecule has 224 valence electrons. The summed E-state index contributed by atoms with van der Waals surface area (Å²) in [5.41, 5.74) is 8.28. The Morgan fingerprint density at radius 3 is 2.69 bits per heavy atom. The minimum atomic E-state index is -1.39. The fourth-order valence-corrected chi connectivity index (χ4v) is 6.49. The summed E-state index contributed by atoms with van der Waals surface area (Å²) in [4.78, 5) is 36.3. The number of ether oxygens (including phenoxy) is 1. The predicted molar refractivity (Wildman–Crippen MR) is 161 cm³/mol. The third-order valence-electron chi connectivity index (χ3n) is 9.24. The van der Waals surface area contributed by atoms with Crippen LogP contribution in [0.15, 0.2) is 29.4 Å². The zero-order chi connectivity index (χ0) is 29.2. The van der Waals surface area contributed by atoms with E-state index in [0.717, 1.165) is 42.5 Å². The molecule has 3 fully saturated rings. The van der Waals surface area contributed by atoms with Crippen LogP contribution in [0.3, 0.4) is 0 Å². The van der Waals surface area contributed by atoms with Gasteiger partial charge in [-0.25, -0.2) is 14.8 Å². The number of hydrogen-bond donors (Lipinski definition) is 3. The first-order valence-corrected chi connectivity index (χ1v) is 15.2. The number of imidazole rings is 1. The van der Waals surface area contributed by atoms with E-state index in [1.54, 1.807) is 6.20 Å². The summed E-state index contributed by atoms with van der Waals surface area (Å²) >= 11 is 0. The van der Waals surface area contributed by atoms with Gasteiger partial charge in [0.25, 0.3) is 0 Å². The zero-order valence-corrected chi connectivity index (χ0v) is 24.4. The van der Waals surface area contributed by atoms with E-state index in [2.05, 4.69) is 43.6 Å². The number of nitrogens with one attached hydrogen (secondary N) is 1. The first-order valence-electron chi connectivity index (χ1n) is 15.2. The minimum absolute atomic E-state index is 0.0548. The molecule has 12 nitrogen and oxygen atoms in total. The molecule has 4 heterocycles. The van der Waals surface area contributed by atoms with Crippen LogP contribution >= 0.6 is 0 Å². The van der Waals surface area contributed by atoms with Crippen molar-refractivity contribution in [1.82, 2.24) is 24.5 Å². The number of carbonyl (C=O) groups is 1. The molecule has 1 amide bonds. The van der Waals surface area contributed by atoms with Gasteiger partial charge in [-0.15, -0.1) is 0 Å². The number of aliphatic imine (C=N–C) groups is 1. The molecule has 1 saturated heterocycles. The number of morpholine rings is 1. The highest BCUT2D eigenvalue weighted by molar-refractivity contribution is 6.01. The van der Waals surface area contributed by atoms with Gasteiger partial charge >= 0.3 is 6.09 Å². The van der Waals surface area contributed by atoms with Crippen LogP contribution in [0.1, 0.15) is 76.4 Å². The van der Waals surface area contributed by atoms with Crippen LogP contribution in [-0.2, 0) is 11.3 Å². The first kappa shape index (κ1) is 28.3. The van der Waals surface area contributed by atoms with Gasteiger partial charge in [-0.05, 0) is 62.5 Å². The number of carboxylic acid groups (broad SMARTS) is 1. The fourth-order valence-electron chi connectivity index (χ4n) is 6.49. The summed E-state index contributed by atoms with van der Waals surface area (Å²) in [7, 11) is 0. The van der Waals surface area contributed by atoms with E-state index in [1.807, 2.05) is 18.2 Å². The lowest BCUT2D eigenvalue weighted by molar-refractivity contribution is 0.0916. The summed E-state index contributed by atoms with van der Waals surface area (Å²) in [6.45, 7) is 7.03. The van der Waals surface area contributed by atoms with Gasteiger partial charge in [-0.2, -0.15) is 9.98 Å². The summed E-state index contributed by atoms with van der Waals surface area (Å²) in [6, 6.07) is 5.99. The average Bonchev–Trinajstić information content (AvgIpc) is 3.31. The summed E-state index contributed by atoms with van der Waals surface area (Å²) in [5, 5.41) is 12.9. The Labute approximate surface area is 245 Å². The number of aromatic nitrogens is 5. The average molecular weight is 576 g/mol. The molecule has 0 spiro atoms. The van der Waals surface area contributed by atoms with Crippen molar-refractivity contribution in [1.29, 1.82) is 0 Å². The van der Waals surface area contributed by atoms with E-state index in [0.29, 0.717) is 43.1 Å². The van der Waals surface area contributed by atoms with Crippen molar-refractivity contribution in [2.45, 2.75) is 77.4 Å². The van der Waals surface area contributed by atoms with Crippen molar-refractivity contribution in [3.8, 4) is 0 Å². The van der Waals surface area contributed by atoms with Crippen LogP contribution < -0.4 is 16.0 Å². The van der Waals surface area contributed by atoms with Gasteiger partial charge in [-0.1, -0.05) is 32.3 Å². The molecule has 1 aliphatic heterocycles. The summed E-state index contributed by atoms with van der Waals surface area (Å²) in [6.07, 6.45) is 8.73.